The lowest BCUT2D eigenvalue weighted by Crippen LogP contribution is -2.26. The van der Waals surface area contributed by atoms with Crippen molar-refractivity contribution in [1.82, 2.24) is 0 Å². The van der Waals surface area contributed by atoms with Crippen LogP contribution in [0.5, 0.6) is 11.5 Å². The zero-order valence-corrected chi connectivity index (χ0v) is 9.28. The number of phenols is 1. The van der Waals surface area contributed by atoms with E-state index in [0.29, 0.717) is 12.4 Å². The molecule has 4 heteroatoms. The molecule has 0 unspecified atom stereocenters. The fourth-order valence-corrected chi connectivity index (χ4v) is 1.39. The van der Waals surface area contributed by atoms with Crippen molar-refractivity contribution in [1.29, 1.82) is 0 Å². The number of methoxy groups -OCH3 is 1. The van der Waals surface area contributed by atoms with Crippen LogP contribution in [0.2, 0.25) is 0 Å². The third-order valence-corrected chi connectivity index (χ3v) is 2.41. The first kappa shape index (κ1) is 11.8. The topological polar surface area (TPSA) is 64.7 Å². The molecule has 0 aliphatic carbocycles. The summed E-state index contributed by atoms with van der Waals surface area (Å²) in [5.41, 5.74) is 0.790. The molecule has 0 bridgehead atoms. The molecule has 84 valence electrons. The molecule has 0 aromatic heterocycles. The lowest BCUT2D eigenvalue weighted by Gasteiger charge is -2.24. The third kappa shape index (κ3) is 2.61. The first-order valence-electron chi connectivity index (χ1n) is 4.70. The van der Waals surface area contributed by atoms with E-state index in [1.807, 2.05) is 19.9 Å². The van der Waals surface area contributed by atoms with Crippen LogP contribution in [0.3, 0.4) is 0 Å². The summed E-state index contributed by atoms with van der Waals surface area (Å²) in [5.74, 6) is 5.66. The van der Waals surface area contributed by atoms with Gasteiger partial charge in [-0.2, -0.15) is 0 Å². The van der Waals surface area contributed by atoms with Gasteiger partial charge in [-0.15, -0.1) is 0 Å². The summed E-state index contributed by atoms with van der Waals surface area (Å²) in [6.07, 6.45) is 0. The zero-order valence-electron chi connectivity index (χ0n) is 9.28. The fourth-order valence-electron chi connectivity index (χ4n) is 1.39. The monoisotopic (exact) mass is 211 g/mol. The van der Waals surface area contributed by atoms with E-state index in [4.69, 9.17) is 10.6 Å². The van der Waals surface area contributed by atoms with Crippen LogP contribution in [-0.2, 0) is 10.3 Å². The van der Waals surface area contributed by atoms with Gasteiger partial charge in [-0.05, 0) is 17.7 Å². The van der Waals surface area contributed by atoms with Crippen molar-refractivity contribution in [2.45, 2.75) is 19.3 Å². The van der Waals surface area contributed by atoms with Gasteiger partial charge in [-0.1, -0.05) is 19.9 Å². The zero-order chi connectivity index (χ0) is 11.5. The number of hydrogen-bond acceptors (Lipinski definition) is 4. The Labute approximate surface area is 89.6 Å². The first-order chi connectivity index (χ1) is 7.01. The van der Waals surface area contributed by atoms with Crippen LogP contribution in [0, 0.1) is 0 Å². The standard InChI is InChI=1S/C11H17NO3/c1-11(2,7-15-12)8-4-5-9(13)10(6-8)14-3/h4-6,13H,7,12H2,1-3H3. The predicted molar refractivity (Wildman–Crippen MR) is 57.8 cm³/mol. The molecule has 1 aromatic rings. The second-order valence-corrected chi connectivity index (χ2v) is 4.08. The first-order valence-corrected chi connectivity index (χ1v) is 4.70. The largest absolute Gasteiger partial charge is 0.504 e. The molecular formula is C11H17NO3. The smallest absolute Gasteiger partial charge is 0.160 e. The summed E-state index contributed by atoms with van der Waals surface area (Å²) in [6, 6.07) is 5.22. The molecule has 1 aromatic carbocycles. The van der Waals surface area contributed by atoms with Crippen LogP contribution in [0.15, 0.2) is 18.2 Å². The molecule has 0 radical (unpaired) electrons. The normalized spacial score (nSPS) is 11.5. The van der Waals surface area contributed by atoms with Gasteiger partial charge in [0, 0.05) is 5.41 Å². The van der Waals surface area contributed by atoms with Crippen LogP contribution in [0.1, 0.15) is 19.4 Å². The number of benzene rings is 1. The van der Waals surface area contributed by atoms with E-state index in [9.17, 15) is 5.11 Å². The highest BCUT2D eigenvalue weighted by molar-refractivity contribution is 5.43. The predicted octanol–water partition coefficient (Wildman–Crippen LogP) is 1.57. The maximum Gasteiger partial charge on any atom is 0.160 e. The van der Waals surface area contributed by atoms with E-state index in [1.165, 1.54) is 7.11 Å². The summed E-state index contributed by atoms with van der Waals surface area (Å²) in [5, 5.41) is 9.45. The van der Waals surface area contributed by atoms with Gasteiger partial charge in [0.25, 0.3) is 0 Å². The van der Waals surface area contributed by atoms with Crippen molar-refractivity contribution < 1.29 is 14.7 Å². The summed E-state index contributed by atoms with van der Waals surface area (Å²) in [7, 11) is 1.52. The van der Waals surface area contributed by atoms with Gasteiger partial charge in [-0.3, -0.25) is 0 Å². The molecule has 0 amide bonds. The Bertz CT molecular complexity index is 337. The molecule has 0 aliphatic rings. The van der Waals surface area contributed by atoms with Crippen molar-refractivity contribution in [3.05, 3.63) is 23.8 Å². The molecule has 0 saturated heterocycles. The van der Waals surface area contributed by atoms with Crippen LogP contribution in [-0.4, -0.2) is 18.8 Å². The van der Waals surface area contributed by atoms with Crippen LogP contribution < -0.4 is 10.6 Å². The maximum absolute atomic E-state index is 9.45. The number of rotatable bonds is 4. The summed E-state index contributed by atoms with van der Waals surface area (Å²) in [6.45, 7) is 4.41. The van der Waals surface area contributed by atoms with Crippen molar-refractivity contribution >= 4 is 0 Å². The van der Waals surface area contributed by atoms with Crippen LogP contribution >= 0.6 is 0 Å². The minimum atomic E-state index is -0.213. The van der Waals surface area contributed by atoms with Crippen molar-refractivity contribution in [2.75, 3.05) is 13.7 Å². The van der Waals surface area contributed by atoms with Gasteiger partial charge in [0.1, 0.15) is 0 Å². The average molecular weight is 211 g/mol. The number of aromatic hydroxyl groups is 1. The minimum Gasteiger partial charge on any atom is -0.504 e. The Morgan fingerprint density at radius 3 is 2.60 bits per heavy atom. The molecule has 0 heterocycles. The average Bonchev–Trinajstić information content (AvgIpc) is 2.18. The highest BCUT2D eigenvalue weighted by Gasteiger charge is 2.22. The third-order valence-electron chi connectivity index (χ3n) is 2.41. The summed E-state index contributed by atoms with van der Waals surface area (Å²) < 4.78 is 5.04. The van der Waals surface area contributed by atoms with E-state index < -0.39 is 0 Å². The molecular weight excluding hydrogens is 194 g/mol. The van der Waals surface area contributed by atoms with Crippen molar-refractivity contribution in [3.8, 4) is 11.5 Å². The lowest BCUT2D eigenvalue weighted by atomic mass is 9.85. The van der Waals surface area contributed by atoms with E-state index in [2.05, 4.69) is 4.84 Å². The van der Waals surface area contributed by atoms with Crippen molar-refractivity contribution in [2.24, 2.45) is 5.90 Å². The second-order valence-electron chi connectivity index (χ2n) is 4.08. The van der Waals surface area contributed by atoms with Gasteiger partial charge < -0.3 is 14.7 Å². The highest BCUT2D eigenvalue weighted by Crippen LogP contribution is 2.32. The SMILES string of the molecule is COc1cc(C(C)(C)CON)ccc1O. The number of ether oxygens (including phenoxy) is 1. The lowest BCUT2D eigenvalue weighted by molar-refractivity contribution is 0.0963. The Morgan fingerprint density at radius 2 is 2.07 bits per heavy atom. The van der Waals surface area contributed by atoms with Crippen molar-refractivity contribution in [3.63, 3.8) is 0 Å². The molecule has 1 rings (SSSR count). The summed E-state index contributed by atoms with van der Waals surface area (Å²) in [4.78, 5) is 4.66. The molecule has 4 nitrogen and oxygen atoms in total. The summed E-state index contributed by atoms with van der Waals surface area (Å²) >= 11 is 0. The van der Waals surface area contributed by atoms with Gasteiger partial charge in [0.15, 0.2) is 11.5 Å². The molecule has 0 atom stereocenters. The fraction of sp³-hybridized carbons (Fsp3) is 0.455. The quantitative estimate of drug-likeness (QED) is 0.742. The van der Waals surface area contributed by atoms with E-state index >= 15 is 0 Å². The molecule has 0 aliphatic heterocycles. The highest BCUT2D eigenvalue weighted by atomic mass is 16.6. The Morgan fingerprint density at radius 1 is 1.40 bits per heavy atom. The number of hydrogen-bond donors (Lipinski definition) is 2. The number of nitrogens with two attached hydrogens (primary N) is 1. The number of phenolic OH excluding ortho intramolecular Hbond substituents is 1. The second kappa shape index (κ2) is 4.51. The van der Waals surface area contributed by atoms with Crippen LogP contribution in [0.25, 0.3) is 0 Å². The Hall–Kier alpha value is -1.26. The van der Waals surface area contributed by atoms with Gasteiger partial charge in [0.2, 0.25) is 0 Å². The van der Waals surface area contributed by atoms with E-state index in [1.54, 1.807) is 12.1 Å². The molecule has 15 heavy (non-hydrogen) atoms. The molecule has 0 spiro atoms. The minimum absolute atomic E-state index is 0.130. The van der Waals surface area contributed by atoms with E-state index in [0.717, 1.165) is 5.56 Å². The maximum atomic E-state index is 9.45. The van der Waals surface area contributed by atoms with E-state index in [-0.39, 0.29) is 11.2 Å². The van der Waals surface area contributed by atoms with Gasteiger partial charge in [0.05, 0.1) is 13.7 Å². The Kier molecular flexibility index (Phi) is 3.55. The van der Waals surface area contributed by atoms with Gasteiger partial charge >= 0.3 is 0 Å². The molecule has 3 N–H and O–H groups in total. The molecule has 0 saturated carbocycles. The van der Waals surface area contributed by atoms with Crippen LogP contribution in [0.4, 0.5) is 0 Å². The Balaban J connectivity index is 3.04. The van der Waals surface area contributed by atoms with Gasteiger partial charge in [-0.25, -0.2) is 5.90 Å². The molecule has 0 fully saturated rings.